The van der Waals surface area contributed by atoms with Gasteiger partial charge in [-0.3, -0.25) is 14.4 Å². The van der Waals surface area contributed by atoms with Crippen LogP contribution in [0.5, 0.6) is 0 Å². The summed E-state index contributed by atoms with van der Waals surface area (Å²) in [4.78, 5) is 49.7. The Morgan fingerprint density at radius 1 is 1.02 bits per heavy atom. The van der Waals surface area contributed by atoms with E-state index >= 15 is 4.79 Å². The first-order valence-corrected chi connectivity index (χ1v) is 17.2. The van der Waals surface area contributed by atoms with E-state index in [1.54, 1.807) is 33.7 Å². The second-order valence-corrected chi connectivity index (χ2v) is 14.3. The predicted octanol–water partition coefficient (Wildman–Crippen LogP) is 5.85. The second-order valence-electron chi connectivity index (χ2n) is 12.7. The van der Waals surface area contributed by atoms with Gasteiger partial charge in [0.1, 0.15) is 6.04 Å². The largest absolute Gasteiger partial charge is 0.394 e. The summed E-state index contributed by atoms with van der Waals surface area (Å²) in [5, 5.41) is 12.9. The molecule has 1 spiro atoms. The summed E-state index contributed by atoms with van der Waals surface area (Å²) in [7, 11) is 0. The lowest BCUT2D eigenvalue weighted by Gasteiger charge is -2.42. The number of carbonyl (C=O) groups is 3. The Hall–Kier alpha value is -3.88. The Morgan fingerprint density at radius 2 is 1.72 bits per heavy atom. The fourth-order valence-electron chi connectivity index (χ4n) is 8.26. The van der Waals surface area contributed by atoms with E-state index in [4.69, 9.17) is 0 Å². The summed E-state index contributed by atoms with van der Waals surface area (Å²) in [6.45, 7) is 12.9. The van der Waals surface area contributed by atoms with E-state index in [9.17, 15) is 14.7 Å². The number of carbonyl (C=O) groups excluding carboxylic acids is 3. The molecular weight excluding hydrogens is 595 g/mol. The van der Waals surface area contributed by atoms with Crippen LogP contribution in [0.2, 0.25) is 0 Å². The third kappa shape index (κ3) is 5.06. The molecule has 0 aliphatic carbocycles. The molecule has 0 aromatic heterocycles. The standard InChI is InChI=1S/C38H43N3O4S/c1-5-19-39(20-6-2)35(43)32-31-22-25(4)38(46-31)33(32)36(44)41(30(24-42)27-14-9-8-10-15-27)34(38)37(45)40(21-7-3)29-18-17-26-13-11-12-16-28(26)23-29/h5,7-18,23,25,30-34,42H,1,3,6,19-22,24H2,2,4H3/t25?,30-,31+,32-,33+,34?,38?/m1/s1. The zero-order chi connectivity index (χ0) is 32.6. The zero-order valence-electron chi connectivity index (χ0n) is 26.6. The lowest BCUT2D eigenvalue weighted by molar-refractivity contribution is -0.145. The van der Waals surface area contributed by atoms with Crippen LogP contribution in [-0.4, -0.2) is 74.9 Å². The molecule has 0 saturated carbocycles. The number of anilines is 1. The predicted molar refractivity (Wildman–Crippen MR) is 185 cm³/mol. The van der Waals surface area contributed by atoms with Crippen LogP contribution in [0.1, 0.15) is 38.3 Å². The number of amides is 3. The number of hydrogen-bond donors (Lipinski definition) is 1. The SMILES string of the molecule is C=CCN(CCC)C(=O)[C@@H]1[C@@H]2CC(C)C3(S2)C(C(=O)N(CC=C)c2ccc4ccccc4c2)N([C@H](CO)c2ccccc2)C(=O)[C@H]13. The molecule has 240 valence electrons. The van der Waals surface area contributed by atoms with Crippen molar-refractivity contribution in [1.82, 2.24) is 9.80 Å². The molecule has 1 N–H and O–H groups in total. The zero-order valence-corrected chi connectivity index (χ0v) is 27.4. The molecule has 3 heterocycles. The third-order valence-corrected chi connectivity index (χ3v) is 12.2. The normalized spacial score (nSPS) is 27.0. The van der Waals surface area contributed by atoms with Gasteiger partial charge in [-0.1, -0.05) is 86.7 Å². The van der Waals surface area contributed by atoms with Crippen LogP contribution < -0.4 is 4.90 Å². The highest BCUT2D eigenvalue weighted by Gasteiger charge is 2.77. The smallest absolute Gasteiger partial charge is 0.251 e. The summed E-state index contributed by atoms with van der Waals surface area (Å²) in [6.07, 6.45) is 4.97. The first kappa shape index (κ1) is 32.1. The first-order chi connectivity index (χ1) is 22.3. The summed E-state index contributed by atoms with van der Waals surface area (Å²) in [6, 6.07) is 21.7. The minimum Gasteiger partial charge on any atom is -0.394 e. The molecule has 3 aromatic carbocycles. The van der Waals surface area contributed by atoms with Gasteiger partial charge in [-0.15, -0.1) is 24.9 Å². The Bertz CT molecular complexity index is 1650. The number of aliphatic hydroxyl groups excluding tert-OH is 1. The molecule has 6 rings (SSSR count). The average molecular weight is 638 g/mol. The maximum Gasteiger partial charge on any atom is 0.251 e. The van der Waals surface area contributed by atoms with Gasteiger partial charge in [0.05, 0.1) is 29.2 Å². The minimum absolute atomic E-state index is 0.00391. The highest BCUT2D eigenvalue weighted by Crippen LogP contribution is 2.69. The highest BCUT2D eigenvalue weighted by molar-refractivity contribution is 8.02. The van der Waals surface area contributed by atoms with Crippen molar-refractivity contribution in [3.8, 4) is 0 Å². The van der Waals surface area contributed by atoms with E-state index in [1.807, 2.05) is 84.6 Å². The van der Waals surface area contributed by atoms with E-state index in [0.29, 0.717) is 18.8 Å². The van der Waals surface area contributed by atoms with E-state index in [0.717, 1.165) is 29.2 Å². The number of aliphatic hydroxyl groups is 1. The van der Waals surface area contributed by atoms with E-state index < -0.39 is 28.7 Å². The van der Waals surface area contributed by atoms with Crippen molar-refractivity contribution in [2.75, 3.05) is 31.1 Å². The van der Waals surface area contributed by atoms with Crippen LogP contribution in [0, 0.1) is 17.8 Å². The molecule has 3 aliphatic heterocycles. The minimum atomic E-state index is -0.893. The topological polar surface area (TPSA) is 81.2 Å². The Kier molecular flexibility index (Phi) is 9.12. The van der Waals surface area contributed by atoms with Crippen molar-refractivity contribution in [1.29, 1.82) is 0 Å². The Morgan fingerprint density at radius 3 is 2.39 bits per heavy atom. The van der Waals surface area contributed by atoms with Gasteiger partial charge in [0, 0.05) is 30.6 Å². The van der Waals surface area contributed by atoms with Gasteiger partial charge in [0.2, 0.25) is 11.8 Å². The van der Waals surface area contributed by atoms with Gasteiger partial charge in [-0.2, -0.15) is 0 Å². The number of thioether (sulfide) groups is 1. The maximum absolute atomic E-state index is 15.2. The summed E-state index contributed by atoms with van der Waals surface area (Å²) < 4.78 is -0.830. The molecule has 3 aromatic rings. The quantitative estimate of drug-likeness (QED) is 0.252. The molecule has 3 fully saturated rings. The van der Waals surface area contributed by atoms with Crippen molar-refractivity contribution in [2.45, 2.75) is 48.8 Å². The molecule has 7 nitrogen and oxygen atoms in total. The number of nitrogens with zero attached hydrogens (tertiary/aromatic N) is 3. The Labute approximate surface area is 275 Å². The molecule has 3 aliphatic rings. The number of rotatable bonds is 12. The molecule has 7 atom stereocenters. The Balaban J connectivity index is 1.50. The van der Waals surface area contributed by atoms with Crippen LogP contribution in [0.3, 0.4) is 0 Å². The van der Waals surface area contributed by atoms with Crippen LogP contribution in [-0.2, 0) is 14.4 Å². The van der Waals surface area contributed by atoms with Gasteiger partial charge >= 0.3 is 0 Å². The number of likely N-dealkylation sites (tertiary alicyclic amines) is 1. The number of hydrogen-bond acceptors (Lipinski definition) is 5. The third-order valence-electron chi connectivity index (χ3n) is 10.2. The maximum atomic E-state index is 15.2. The molecule has 0 radical (unpaired) electrons. The van der Waals surface area contributed by atoms with Gasteiger partial charge in [0.15, 0.2) is 0 Å². The average Bonchev–Trinajstić information content (AvgIpc) is 3.67. The monoisotopic (exact) mass is 637 g/mol. The molecule has 3 amide bonds. The fraction of sp³-hybridized carbons (Fsp3) is 0.395. The van der Waals surface area contributed by atoms with Gasteiger partial charge < -0.3 is 19.8 Å². The molecule has 8 heteroatoms. The lowest BCUT2D eigenvalue weighted by Crippen LogP contribution is -2.58. The van der Waals surface area contributed by atoms with E-state index in [-0.39, 0.29) is 42.0 Å². The molecule has 3 saturated heterocycles. The second kappa shape index (κ2) is 13.1. The molecule has 2 bridgehead atoms. The van der Waals surface area contributed by atoms with Gasteiger partial charge in [-0.05, 0) is 47.2 Å². The number of benzene rings is 3. The fourth-order valence-corrected chi connectivity index (χ4v) is 10.7. The van der Waals surface area contributed by atoms with Gasteiger partial charge in [-0.25, -0.2) is 0 Å². The van der Waals surface area contributed by atoms with Crippen LogP contribution in [0.25, 0.3) is 10.8 Å². The van der Waals surface area contributed by atoms with Crippen molar-refractivity contribution in [3.63, 3.8) is 0 Å². The highest BCUT2D eigenvalue weighted by atomic mass is 32.2. The van der Waals surface area contributed by atoms with Crippen molar-refractivity contribution >= 4 is 45.9 Å². The van der Waals surface area contributed by atoms with Crippen molar-refractivity contribution in [3.05, 3.63) is 104 Å². The van der Waals surface area contributed by atoms with E-state index in [1.165, 1.54) is 0 Å². The number of fused-ring (bicyclic) bond motifs is 2. The van der Waals surface area contributed by atoms with E-state index in [2.05, 4.69) is 20.1 Å². The van der Waals surface area contributed by atoms with Crippen LogP contribution in [0.4, 0.5) is 5.69 Å². The first-order valence-electron chi connectivity index (χ1n) is 16.3. The lowest BCUT2D eigenvalue weighted by atomic mass is 9.65. The molecule has 46 heavy (non-hydrogen) atoms. The van der Waals surface area contributed by atoms with Crippen LogP contribution in [0.15, 0.2) is 98.1 Å². The van der Waals surface area contributed by atoms with Crippen LogP contribution >= 0.6 is 11.8 Å². The summed E-state index contributed by atoms with van der Waals surface area (Å²) in [5.74, 6) is -1.73. The molecule has 3 unspecified atom stereocenters. The molecular formula is C38H43N3O4S. The summed E-state index contributed by atoms with van der Waals surface area (Å²) in [5.41, 5.74) is 1.47. The van der Waals surface area contributed by atoms with Crippen molar-refractivity contribution in [2.24, 2.45) is 17.8 Å². The summed E-state index contributed by atoms with van der Waals surface area (Å²) >= 11 is 1.66. The van der Waals surface area contributed by atoms with Crippen molar-refractivity contribution < 1.29 is 19.5 Å². The van der Waals surface area contributed by atoms with Gasteiger partial charge in [0.25, 0.3) is 5.91 Å².